The van der Waals surface area contributed by atoms with Crippen LogP contribution in [-0.2, 0) is 14.9 Å². The second-order valence-corrected chi connectivity index (χ2v) is 9.49. The molecule has 0 aliphatic heterocycles. The molecule has 0 aliphatic carbocycles. The van der Waals surface area contributed by atoms with Crippen molar-refractivity contribution in [3.05, 3.63) is 77.0 Å². The standard InChI is InChI=1S/C27H34N4O3/c1-19-11-13-21(14-12-19)31-24(17-23(29-31)27(3,4)5)28-25(32)18-30(15-16-34-6)26(33)22-10-8-7-9-20(22)2/h7-14,17H,15-16,18H2,1-6H3,(H,28,32). The fraction of sp³-hybridized carbons (Fsp3) is 0.370. The van der Waals surface area contributed by atoms with E-state index < -0.39 is 0 Å². The molecule has 0 saturated heterocycles. The Hall–Kier alpha value is -3.45. The second-order valence-electron chi connectivity index (χ2n) is 9.49. The van der Waals surface area contributed by atoms with Gasteiger partial charge < -0.3 is 15.0 Å². The first kappa shape index (κ1) is 25.2. The lowest BCUT2D eigenvalue weighted by atomic mass is 9.92. The van der Waals surface area contributed by atoms with Crippen molar-refractivity contribution in [2.75, 3.05) is 32.1 Å². The van der Waals surface area contributed by atoms with Crippen LogP contribution in [0.3, 0.4) is 0 Å². The molecule has 0 saturated carbocycles. The first-order valence-corrected chi connectivity index (χ1v) is 11.4. The molecular weight excluding hydrogens is 428 g/mol. The summed E-state index contributed by atoms with van der Waals surface area (Å²) in [6, 6.07) is 17.2. The Bertz CT molecular complexity index is 1140. The summed E-state index contributed by atoms with van der Waals surface area (Å²) < 4.78 is 6.91. The fourth-order valence-corrected chi connectivity index (χ4v) is 3.51. The van der Waals surface area contributed by atoms with E-state index >= 15 is 0 Å². The van der Waals surface area contributed by atoms with Gasteiger partial charge in [0.1, 0.15) is 12.4 Å². The van der Waals surface area contributed by atoms with Crippen molar-refractivity contribution >= 4 is 17.6 Å². The highest BCUT2D eigenvalue weighted by Gasteiger charge is 2.24. The molecule has 0 bridgehead atoms. The maximum absolute atomic E-state index is 13.2. The Morgan fingerprint density at radius 2 is 1.74 bits per heavy atom. The SMILES string of the molecule is COCCN(CC(=O)Nc1cc(C(C)(C)C)nn1-c1ccc(C)cc1)C(=O)c1ccccc1C. The van der Waals surface area contributed by atoms with Gasteiger partial charge in [-0.3, -0.25) is 9.59 Å². The van der Waals surface area contributed by atoms with Gasteiger partial charge in [0.05, 0.1) is 18.0 Å². The third-order valence-electron chi connectivity index (χ3n) is 5.59. The molecule has 1 heterocycles. The van der Waals surface area contributed by atoms with Crippen LogP contribution in [0.1, 0.15) is 48.0 Å². The summed E-state index contributed by atoms with van der Waals surface area (Å²) in [7, 11) is 1.57. The predicted octanol–water partition coefficient (Wildman–Crippen LogP) is 4.51. The van der Waals surface area contributed by atoms with E-state index in [9.17, 15) is 9.59 Å². The topological polar surface area (TPSA) is 76.5 Å². The number of hydrogen-bond acceptors (Lipinski definition) is 4. The third kappa shape index (κ3) is 6.11. The van der Waals surface area contributed by atoms with Crippen LogP contribution in [0.15, 0.2) is 54.6 Å². The summed E-state index contributed by atoms with van der Waals surface area (Å²) >= 11 is 0. The molecule has 0 unspecified atom stereocenters. The van der Waals surface area contributed by atoms with Crippen LogP contribution in [-0.4, -0.2) is 53.3 Å². The fourth-order valence-electron chi connectivity index (χ4n) is 3.51. The van der Waals surface area contributed by atoms with Crippen LogP contribution in [0.5, 0.6) is 0 Å². The number of ether oxygens (including phenoxy) is 1. The van der Waals surface area contributed by atoms with Gasteiger partial charge in [-0.15, -0.1) is 0 Å². The van der Waals surface area contributed by atoms with Gasteiger partial charge in [-0.1, -0.05) is 56.7 Å². The molecule has 34 heavy (non-hydrogen) atoms. The normalized spacial score (nSPS) is 11.4. The monoisotopic (exact) mass is 462 g/mol. The number of aryl methyl sites for hydroxylation is 2. The van der Waals surface area contributed by atoms with Crippen molar-refractivity contribution in [1.82, 2.24) is 14.7 Å². The zero-order valence-electron chi connectivity index (χ0n) is 20.9. The number of aromatic nitrogens is 2. The first-order valence-electron chi connectivity index (χ1n) is 11.4. The Labute approximate surface area is 201 Å². The summed E-state index contributed by atoms with van der Waals surface area (Å²) in [4.78, 5) is 27.8. The summed E-state index contributed by atoms with van der Waals surface area (Å²) in [5.41, 5.74) is 4.09. The van der Waals surface area contributed by atoms with Gasteiger partial charge in [-0.2, -0.15) is 5.10 Å². The van der Waals surface area contributed by atoms with Crippen LogP contribution in [0.25, 0.3) is 5.69 Å². The van der Waals surface area contributed by atoms with E-state index in [0.29, 0.717) is 24.5 Å². The van der Waals surface area contributed by atoms with Crippen molar-refractivity contribution in [2.45, 2.75) is 40.0 Å². The molecule has 3 aromatic rings. The van der Waals surface area contributed by atoms with E-state index in [2.05, 4.69) is 26.1 Å². The number of carbonyl (C=O) groups excluding carboxylic acids is 2. The Morgan fingerprint density at radius 3 is 2.35 bits per heavy atom. The molecule has 7 nitrogen and oxygen atoms in total. The summed E-state index contributed by atoms with van der Waals surface area (Å²) in [6.07, 6.45) is 0. The van der Waals surface area contributed by atoms with E-state index in [4.69, 9.17) is 9.84 Å². The largest absolute Gasteiger partial charge is 0.383 e. The number of benzene rings is 2. The van der Waals surface area contributed by atoms with Gasteiger partial charge in [-0.05, 0) is 37.6 Å². The number of amides is 2. The number of anilines is 1. The van der Waals surface area contributed by atoms with Gasteiger partial charge in [-0.25, -0.2) is 4.68 Å². The van der Waals surface area contributed by atoms with Crippen molar-refractivity contribution in [1.29, 1.82) is 0 Å². The van der Waals surface area contributed by atoms with Crippen LogP contribution in [0.2, 0.25) is 0 Å². The highest BCUT2D eigenvalue weighted by atomic mass is 16.5. The van der Waals surface area contributed by atoms with Crippen molar-refractivity contribution in [3.8, 4) is 5.69 Å². The van der Waals surface area contributed by atoms with Gasteiger partial charge in [0.25, 0.3) is 5.91 Å². The Kier molecular flexibility index (Phi) is 7.89. The molecule has 0 spiro atoms. The van der Waals surface area contributed by atoms with Gasteiger partial charge in [0.15, 0.2) is 0 Å². The smallest absolute Gasteiger partial charge is 0.254 e. The van der Waals surface area contributed by atoms with E-state index in [1.165, 1.54) is 4.90 Å². The molecule has 0 aliphatic rings. The van der Waals surface area contributed by atoms with Crippen molar-refractivity contribution in [3.63, 3.8) is 0 Å². The number of hydrogen-bond donors (Lipinski definition) is 1. The van der Waals surface area contributed by atoms with Crippen molar-refractivity contribution < 1.29 is 14.3 Å². The number of nitrogens with one attached hydrogen (secondary N) is 1. The summed E-state index contributed by atoms with van der Waals surface area (Å²) in [5, 5.41) is 7.73. The van der Waals surface area contributed by atoms with Crippen molar-refractivity contribution in [2.24, 2.45) is 0 Å². The lowest BCUT2D eigenvalue weighted by Crippen LogP contribution is -2.40. The third-order valence-corrected chi connectivity index (χ3v) is 5.59. The number of nitrogens with zero attached hydrogens (tertiary/aromatic N) is 3. The highest BCUT2D eigenvalue weighted by molar-refractivity contribution is 6.00. The predicted molar refractivity (Wildman–Crippen MR) is 135 cm³/mol. The number of methoxy groups -OCH3 is 1. The minimum atomic E-state index is -0.299. The lowest BCUT2D eigenvalue weighted by Gasteiger charge is -2.23. The molecule has 7 heteroatoms. The van der Waals surface area contributed by atoms with Crippen LogP contribution in [0, 0.1) is 13.8 Å². The molecule has 0 radical (unpaired) electrons. The average molecular weight is 463 g/mol. The minimum Gasteiger partial charge on any atom is -0.383 e. The van der Waals surface area contributed by atoms with E-state index in [0.717, 1.165) is 22.5 Å². The zero-order chi connectivity index (χ0) is 24.9. The zero-order valence-corrected chi connectivity index (χ0v) is 20.9. The molecule has 2 aromatic carbocycles. The average Bonchev–Trinajstić information content (AvgIpc) is 3.21. The van der Waals surface area contributed by atoms with E-state index in [1.54, 1.807) is 17.9 Å². The molecule has 180 valence electrons. The van der Waals surface area contributed by atoms with Gasteiger partial charge in [0, 0.05) is 30.7 Å². The number of carbonyl (C=O) groups is 2. The molecule has 2 amide bonds. The second kappa shape index (κ2) is 10.7. The molecule has 1 aromatic heterocycles. The van der Waals surface area contributed by atoms with Crippen LogP contribution in [0.4, 0.5) is 5.82 Å². The molecule has 0 atom stereocenters. The molecular formula is C27H34N4O3. The van der Waals surface area contributed by atoms with Gasteiger partial charge >= 0.3 is 0 Å². The Morgan fingerprint density at radius 1 is 1.06 bits per heavy atom. The summed E-state index contributed by atoms with van der Waals surface area (Å²) in [6.45, 7) is 10.7. The van der Waals surface area contributed by atoms with Gasteiger partial charge in [0.2, 0.25) is 5.91 Å². The maximum atomic E-state index is 13.2. The highest BCUT2D eigenvalue weighted by Crippen LogP contribution is 2.26. The minimum absolute atomic E-state index is 0.0968. The molecule has 0 fully saturated rings. The van der Waals surface area contributed by atoms with E-state index in [-0.39, 0.29) is 23.8 Å². The number of rotatable bonds is 8. The lowest BCUT2D eigenvalue weighted by molar-refractivity contribution is -0.117. The Balaban J connectivity index is 1.86. The quantitative estimate of drug-likeness (QED) is 0.534. The van der Waals surface area contributed by atoms with E-state index in [1.807, 2.05) is 62.4 Å². The summed E-state index contributed by atoms with van der Waals surface area (Å²) in [5.74, 6) is 0.0632. The molecule has 1 N–H and O–H groups in total. The maximum Gasteiger partial charge on any atom is 0.254 e. The molecule has 3 rings (SSSR count). The van der Waals surface area contributed by atoms with Crippen LogP contribution < -0.4 is 5.32 Å². The first-order chi connectivity index (χ1) is 16.1. The van der Waals surface area contributed by atoms with Crippen LogP contribution >= 0.6 is 0 Å².